The van der Waals surface area contributed by atoms with Crippen molar-refractivity contribution in [3.05, 3.63) is 28.5 Å². The third kappa shape index (κ3) is 3.11. The van der Waals surface area contributed by atoms with Gasteiger partial charge in [-0.2, -0.15) is 21.7 Å². The van der Waals surface area contributed by atoms with Crippen LogP contribution in [0.1, 0.15) is 6.42 Å². The van der Waals surface area contributed by atoms with E-state index in [1.165, 1.54) is 17.8 Å². The highest BCUT2D eigenvalue weighted by Crippen LogP contribution is 2.30. The van der Waals surface area contributed by atoms with Crippen molar-refractivity contribution in [3.63, 3.8) is 0 Å². The van der Waals surface area contributed by atoms with Crippen LogP contribution in [0.25, 0.3) is 0 Å². The van der Waals surface area contributed by atoms with E-state index in [0.717, 1.165) is 17.9 Å². The lowest BCUT2D eigenvalue weighted by Gasteiger charge is -2.21. The van der Waals surface area contributed by atoms with Crippen molar-refractivity contribution in [2.24, 2.45) is 0 Å². The third-order valence-corrected chi connectivity index (χ3v) is 6.45. The maximum atomic E-state index is 13.0. The topological polar surface area (TPSA) is 70.0 Å². The van der Waals surface area contributed by atoms with E-state index in [2.05, 4.69) is 20.7 Å². The number of nitriles is 1. The van der Waals surface area contributed by atoms with Crippen molar-refractivity contribution >= 4 is 37.7 Å². The molecule has 0 spiro atoms. The van der Waals surface area contributed by atoms with Gasteiger partial charge in [0.05, 0.1) is 11.0 Å². The van der Waals surface area contributed by atoms with Gasteiger partial charge in [-0.25, -0.2) is 12.8 Å². The number of rotatable bonds is 3. The summed E-state index contributed by atoms with van der Waals surface area (Å²) < 4.78 is 40.1. The van der Waals surface area contributed by atoms with Crippen LogP contribution in [0.2, 0.25) is 0 Å². The molecule has 102 valence electrons. The fourth-order valence-corrected chi connectivity index (χ4v) is 5.52. The number of nitrogens with one attached hydrogen (secondary N) is 1. The lowest BCUT2D eigenvalue weighted by atomic mass is 10.0. The lowest BCUT2D eigenvalue weighted by Crippen LogP contribution is -2.47. The van der Waals surface area contributed by atoms with Crippen molar-refractivity contribution in [1.29, 1.82) is 5.26 Å². The second-order valence-corrected chi connectivity index (χ2v) is 7.79. The van der Waals surface area contributed by atoms with Gasteiger partial charge in [0, 0.05) is 10.2 Å². The monoisotopic (exact) mass is 364 g/mol. The molecule has 8 heteroatoms. The minimum atomic E-state index is -3.86. The SMILES string of the molecule is N#CC1(NS(=O)(=O)c2ccc(F)cc2Br)CCSC1. The highest BCUT2D eigenvalue weighted by atomic mass is 79.9. The summed E-state index contributed by atoms with van der Waals surface area (Å²) >= 11 is 4.55. The summed E-state index contributed by atoms with van der Waals surface area (Å²) in [6.07, 6.45) is 0.464. The summed E-state index contributed by atoms with van der Waals surface area (Å²) in [6.45, 7) is 0. The van der Waals surface area contributed by atoms with Crippen LogP contribution in [0.4, 0.5) is 4.39 Å². The molecule has 1 fully saturated rings. The summed E-state index contributed by atoms with van der Waals surface area (Å²) in [5.41, 5.74) is -1.07. The fraction of sp³-hybridized carbons (Fsp3) is 0.364. The molecule has 1 N–H and O–H groups in total. The Labute approximate surface area is 123 Å². The average molecular weight is 365 g/mol. The van der Waals surface area contributed by atoms with Gasteiger partial charge in [0.2, 0.25) is 10.0 Å². The maximum Gasteiger partial charge on any atom is 0.243 e. The van der Waals surface area contributed by atoms with Crippen LogP contribution in [0.3, 0.4) is 0 Å². The molecule has 0 aromatic heterocycles. The van der Waals surface area contributed by atoms with Crippen LogP contribution in [-0.4, -0.2) is 25.5 Å². The summed E-state index contributed by atoms with van der Waals surface area (Å²) in [4.78, 5) is -0.0691. The van der Waals surface area contributed by atoms with Gasteiger partial charge in [0.25, 0.3) is 0 Å². The zero-order valence-corrected chi connectivity index (χ0v) is 12.9. The molecule has 19 heavy (non-hydrogen) atoms. The van der Waals surface area contributed by atoms with Crippen molar-refractivity contribution in [3.8, 4) is 6.07 Å². The van der Waals surface area contributed by atoms with E-state index in [1.807, 2.05) is 6.07 Å². The van der Waals surface area contributed by atoms with Crippen molar-refractivity contribution in [1.82, 2.24) is 4.72 Å². The number of halogens is 2. The van der Waals surface area contributed by atoms with Gasteiger partial charge in [0.15, 0.2) is 0 Å². The molecule has 2 rings (SSSR count). The molecule has 1 saturated heterocycles. The number of hydrogen-bond acceptors (Lipinski definition) is 4. The molecule has 1 atom stereocenters. The van der Waals surface area contributed by atoms with Gasteiger partial charge < -0.3 is 0 Å². The van der Waals surface area contributed by atoms with E-state index in [-0.39, 0.29) is 9.37 Å². The van der Waals surface area contributed by atoms with E-state index < -0.39 is 21.4 Å². The van der Waals surface area contributed by atoms with Crippen LogP contribution in [0.5, 0.6) is 0 Å². The molecule has 1 aromatic carbocycles. The molecule has 0 aliphatic carbocycles. The third-order valence-electron chi connectivity index (χ3n) is 2.75. The first-order chi connectivity index (χ1) is 8.88. The lowest BCUT2D eigenvalue weighted by molar-refractivity contribution is 0.514. The molecule has 0 radical (unpaired) electrons. The van der Waals surface area contributed by atoms with Crippen molar-refractivity contribution < 1.29 is 12.8 Å². The van der Waals surface area contributed by atoms with Gasteiger partial charge in [-0.05, 0) is 46.3 Å². The molecular formula is C11H10BrFN2O2S2. The predicted octanol–water partition coefficient (Wildman–Crippen LogP) is 2.27. The first-order valence-electron chi connectivity index (χ1n) is 5.37. The Bertz CT molecular complexity index is 637. The minimum Gasteiger partial charge on any atom is -0.207 e. The molecule has 1 aliphatic rings. The molecule has 1 aromatic rings. The standard InChI is InChI=1S/C11H10BrFN2O2S2/c12-9-5-8(13)1-2-10(9)19(16,17)15-11(6-14)3-4-18-7-11/h1-2,5,15H,3-4,7H2. The van der Waals surface area contributed by atoms with Crippen LogP contribution < -0.4 is 4.72 Å². The van der Waals surface area contributed by atoms with Gasteiger partial charge in [-0.3, -0.25) is 0 Å². The predicted molar refractivity (Wildman–Crippen MR) is 74.7 cm³/mol. The van der Waals surface area contributed by atoms with Crippen molar-refractivity contribution in [2.75, 3.05) is 11.5 Å². The van der Waals surface area contributed by atoms with Crippen LogP contribution >= 0.6 is 27.7 Å². The molecule has 4 nitrogen and oxygen atoms in total. The number of thioether (sulfide) groups is 1. The summed E-state index contributed by atoms with van der Waals surface area (Å²) in [6, 6.07) is 5.36. The second-order valence-electron chi connectivity index (χ2n) is 4.18. The summed E-state index contributed by atoms with van der Waals surface area (Å²) in [5, 5.41) is 9.18. The first kappa shape index (κ1) is 14.8. The Morgan fingerprint density at radius 2 is 2.26 bits per heavy atom. The van der Waals surface area contributed by atoms with E-state index >= 15 is 0 Å². The first-order valence-corrected chi connectivity index (χ1v) is 8.80. The largest absolute Gasteiger partial charge is 0.243 e. The minimum absolute atomic E-state index is 0.0691. The number of benzene rings is 1. The van der Waals surface area contributed by atoms with Crippen LogP contribution in [-0.2, 0) is 10.0 Å². The van der Waals surface area contributed by atoms with Gasteiger partial charge >= 0.3 is 0 Å². The van der Waals surface area contributed by atoms with E-state index in [1.54, 1.807) is 0 Å². The number of nitrogens with zero attached hydrogens (tertiary/aromatic N) is 1. The Hall–Kier alpha value is -0.620. The maximum absolute atomic E-state index is 13.0. The quantitative estimate of drug-likeness (QED) is 0.892. The molecule has 1 heterocycles. The molecule has 0 saturated carbocycles. The number of hydrogen-bond donors (Lipinski definition) is 1. The van der Waals surface area contributed by atoms with E-state index in [9.17, 15) is 18.1 Å². The molecule has 1 aliphatic heterocycles. The molecule has 0 bridgehead atoms. The summed E-state index contributed by atoms with van der Waals surface area (Å²) in [5.74, 6) is 0.625. The van der Waals surface area contributed by atoms with Gasteiger partial charge in [-0.1, -0.05) is 0 Å². The molecule has 1 unspecified atom stereocenters. The fourth-order valence-electron chi connectivity index (χ4n) is 1.76. The van der Waals surface area contributed by atoms with Gasteiger partial charge in [-0.15, -0.1) is 0 Å². The number of sulfonamides is 1. The Morgan fingerprint density at radius 3 is 2.79 bits per heavy atom. The Kier molecular flexibility index (Phi) is 4.20. The average Bonchev–Trinajstić information content (AvgIpc) is 2.77. The van der Waals surface area contributed by atoms with Crippen LogP contribution in [0.15, 0.2) is 27.6 Å². The van der Waals surface area contributed by atoms with Crippen molar-refractivity contribution in [2.45, 2.75) is 16.9 Å². The zero-order valence-electron chi connectivity index (χ0n) is 9.69. The highest BCUT2D eigenvalue weighted by molar-refractivity contribution is 9.10. The Morgan fingerprint density at radius 1 is 1.53 bits per heavy atom. The zero-order chi connectivity index (χ0) is 14.1. The van der Waals surface area contributed by atoms with E-state index in [0.29, 0.717) is 12.2 Å². The molecule has 0 amide bonds. The highest BCUT2D eigenvalue weighted by Gasteiger charge is 2.39. The smallest absolute Gasteiger partial charge is 0.207 e. The van der Waals surface area contributed by atoms with Crippen LogP contribution in [0, 0.1) is 17.1 Å². The summed E-state index contributed by atoms with van der Waals surface area (Å²) in [7, 11) is -3.86. The van der Waals surface area contributed by atoms with E-state index in [4.69, 9.17) is 0 Å². The van der Waals surface area contributed by atoms with Gasteiger partial charge in [0.1, 0.15) is 11.4 Å². The Balaban J connectivity index is 2.35. The normalized spacial score (nSPS) is 23.2. The second kappa shape index (κ2) is 5.40. The molecular weight excluding hydrogens is 355 g/mol.